The summed E-state index contributed by atoms with van der Waals surface area (Å²) in [7, 11) is 0. The van der Waals surface area contributed by atoms with Crippen LogP contribution in [0.3, 0.4) is 0 Å². The van der Waals surface area contributed by atoms with Crippen molar-refractivity contribution in [2.75, 3.05) is 6.54 Å². The Morgan fingerprint density at radius 3 is 2.76 bits per heavy atom. The van der Waals surface area contributed by atoms with Gasteiger partial charge in [-0.2, -0.15) is 0 Å². The highest BCUT2D eigenvalue weighted by atomic mass is 16.4. The van der Waals surface area contributed by atoms with Crippen LogP contribution in [0.2, 0.25) is 0 Å². The van der Waals surface area contributed by atoms with Gasteiger partial charge in [-0.05, 0) is 11.6 Å². The normalized spacial score (nSPS) is 10.4. The number of aromatic carboxylic acids is 1. The summed E-state index contributed by atoms with van der Waals surface area (Å²) < 4.78 is 0. The Morgan fingerprint density at radius 2 is 2.24 bits per heavy atom. The van der Waals surface area contributed by atoms with Crippen molar-refractivity contribution < 1.29 is 14.7 Å². The molecule has 0 aromatic carbocycles. The maximum absolute atomic E-state index is 11.2. The van der Waals surface area contributed by atoms with Gasteiger partial charge in [0.05, 0.1) is 0 Å². The van der Waals surface area contributed by atoms with E-state index in [9.17, 15) is 9.59 Å². The minimum Gasteiger partial charge on any atom is -0.477 e. The predicted octanol–water partition coefficient (Wildman–Crippen LogP) is -0.0891. The first kappa shape index (κ1) is 12.9. The van der Waals surface area contributed by atoms with Crippen LogP contribution in [-0.4, -0.2) is 28.5 Å². The molecule has 0 bridgehead atoms. The number of carbonyl (C=O) groups is 2. The van der Waals surface area contributed by atoms with Crippen LogP contribution in [0.25, 0.3) is 0 Å². The number of hydrogen-bond acceptors (Lipinski definition) is 4. The van der Waals surface area contributed by atoms with Gasteiger partial charge in [0.25, 0.3) is 0 Å². The van der Waals surface area contributed by atoms with Gasteiger partial charge in [-0.3, -0.25) is 4.79 Å². The second kappa shape index (κ2) is 6.39. The standard InChI is InChI=1S/C11H13N3O3/c12-5-1-2-10(15)14-7-8-3-4-9(11(16)17)13-6-8/h1-4,6H,5,7,12H2,(H,14,15)(H,16,17)/b2-1+. The topological polar surface area (TPSA) is 105 Å². The van der Waals surface area contributed by atoms with Crippen LogP contribution in [0.15, 0.2) is 30.5 Å². The van der Waals surface area contributed by atoms with Crippen molar-refractivity contribution in [2.24, 2.45) is 5.73 Å². The van der Waals surface area contributed by atoms with Crippen molar-refractivity contribution in [1.82, 2.24) is 10.3 Å². The van der Waals surface area contributed by atoms with E-state index >= 15 is 0 Å². The molecule has 0 aliphatic heterocycles. The SMILES string of the molecule is NC/C=C/C(=O)NCc1ccc(C(=O)O)nc1. The molecule has 6 heteroatoms. The van der Waals surface area contributed by atoms with Crippen molar-refractivity contribution in [2.45, 2.75) is 6.54 Å². The summed E-state index contributed by atoms with van der Waals surface area (Å²) in [6.07, 6.45) is 4.30. The first-order valence-electron chi connectivity index (χ1n) is 4.96. The molecule has 0 atom stereocenters. The zero-order chi connectivity index (χ0) is 12.7. The molecule has 0 unspecified atom stereocenters. The number of amides is 1. The summed E-state index contributed by atoms with van der Waals surface area (Å²) >= 11 is 0. The first-order valence-corrected chi connectivity index (χ1v) is 4.96. The highest BCUT2D eigenvalue weighted by Gasteiger charge is 2.03. The van der Waals surface area contributed by atoms with Gasteiger partial charge in [0, 0.05) is 25.4 Å². The summed E-state index contributed by atoms with van der Waals surface area (Å²) in [4.78, 5) is 25.5. The van der Waals surface area contributed by atoms with E-state index < -0.39 is 5.97 Å². The van der Waals surface area contributed by atoms with Crippen molar-refractivity contribution in [3.63, 3.8) is 0 Å². The molecule has 90 valence electrons. The first-order chi connectivity index (χ1) is 8.13. The minimum atomic E-state index is -1.08. The van der Waals surface area contributed by atoms with E-state index in [0.29, 0.717) is 13.1 Å². The van der Waals surface area contributed by atoms with Crippen LogP contribution in [0.4, 0.5) is 0 Å². The van der Waals surface area contributed by atoms with Crippen LogP contribution >= 0.6 is 0 Å². The van der Waals surface area contributed by atoms with Gasteiger partial charge < -0.3 is 16.2 Å². The summed E-state index contributed by atoms with van der Waals surface area (Å²) in [5.74, 6) is -1.33. The number of pyridine rings is 1. The van der Waals surface area contributed by atoms with Gasteiger partial charge in [0.1, 0.15) is 5.69 Å². The van der Waals surface area contributed by atoms with E-state index in [1.165, 1.54) is 18.3 Å². The van der Waals surface area contributed by atoms with E-state index in [1.807, 2.05) is 0 Å². The lowest BCUT2D eigenvalue weighted by molar-refractivity contribution is -0.116. The Balaban J connectivity index is 2.50. The molecule has 0 aliphatic carbocycles. The smallest absolute Gasteiger partial charge is 0.354 e. The molecule has 0 saturated carbocycles. The van der Waals surface area contributed by atoms with E-state index in [4.69, 9.17) is 10.8 Å². The van der Waals surface area contributed by atoms with Crippen molar-refractivity contribution in [3.8, 4) is 0 Å². The average Bonchev–Trinajstić information content (AvgIpc) is 2.34. The Bertz CT molecular complexity index is 426. The van der Waals surface area contributed by atoms with Gasteiger partial charge in [-0.1, -0.05) is 12.1 Å². The Morgan fingerprint density at radius 1 is 1.47 bits per heavy atom. The molecule has 0 spiro atoms. The molecule has 0 aliphatic rings. The van der Waals surface area contributed by atoms with Crippen LogP contribution in [0, 0.1) is 0 Å². The van der Waals surface area contributed by atoms with Gasteiger partial charge in [0.15, 0.2) is 0 Å². The lowest BCUT2D eigenvalue weighted by atomic mass is 10.2. The van der Waals surface area contributed by atoms with Crippen LogP contribution in [0.5, 0.6) is 0 Å². The molecule has 4 N–H and O–H groups in total. The predicted molar refractivity (Wildman–Crippen MR) is 61.2 cm³/mol. The number of carboxylic acid groups (broad SMARTS) is 1. The molecule has 1 aromatic rings. The molecule has 0 fully saturated rings. The second-order valence-electron chi connectivity index (χ2n) is 3.21. The van der Waals surface area contributed by atoms with Crippen LogP contribution < -0.4 is 11.1 Å². The third kappa shape index (κ3) is 4.43. The summed E-state index contributed by atoms with van der Waals surface area (Å²) in [6.45, 7) is 0.600. The second-order valence-corrected chi connectivity index (χ2v) is 3.21. The monoisotopic (exact) mass is 235 g/mol. The van der Waals surface area contributed by atoms with E-state index in [2.05, 4.69) is 10.3 Å². The summed E-state index contributed by atoms with van der Waals surface area (Å²) in [5.41, 5.74) is 5.90. The van der Waals surface area contributed by atoms with Crippen molar-refractivity contribution in [3.05, 3.63) is 41.7 Å². The Hall–Kier alpha value is -2.21. The zero-order valence-corrected chi connectivity index (χ0v) is 9.09. The highest BCUT2D eigenvalue weighted by molar-refractivity contribution is 5.87. The molecule has 0 saturated heterocycles. The van der Waals surface area contributed by atoms with E-state index in [0.717, 1.165) is 5.56 Å². The number of aromatic nitrogens is 1. The number of carboxylic acids is 1. The molecular weight excluding hydrogens is 222 g/mol. The van der Waals surface area contributed by atoms with E-state index in [1.54, 1.807) is 12.1 Å². The largest absolute Gasteiger partial charge is 0.477 e. The van der Waals surface area contributed by atoms with Crippen molar-refractivity contribution in [1.29, 1.82) is 0 Å². The molecule has 6 nitrogen and oxygen atoms in total. The fourth-order valence-electron chi connectivity index (χ4n) is 1.08. The lowest BCUT2D eigenvalue weighted by Crippen LogP contribution is -2.20. The van der Waals surface area contributed by atoms with Crippen LogP contribution in [0.1, 0.15) is 16.1 Å². The van der Waals surface area contributed by atoms with Gasteiger partial charge in [-0.15, -0.1) is 0 Å². The fourth-order valence-corrected chi connectivity index (χ4v) is 1.08. The quantitative estimate of drug-likeness (QED) is 0.618. The van der Waals surface area contributed by atoms with Crippen LogP contribution in [-0.2, 0) is 11.3 Å². The molecule has 1 rings (SSSR count). The molecule has 17 heavy (non-hydrogen) atoms. The minimum absolute atomic E-state index is 0.0249. The molecule has 1 amide bonds. The summed E-state index contributed by atoms with van der Waals surface area (Å²) in [5, 5.41) is 11.3. The fraction of sp³-hybridized carbons (Fsp3) is 0.182. The number of nitrogens with zero attached hydrogens (tertiary/aromatic N) is 1. The third-order valence-corrected chi connectivity index (χ3v) is 1.92. The zero-order valence-electron chi connectivity index (χ0n) is 9.09. The number of hydrogen-bond donors (Lipinski definition) is 3. The number of nitrogens with one attached hydrogen (secondary N) is 1. The van der Waals surface area contributed by atoms with E-state index in [-0.39, 0.29) is 11.6 Å². The number of rotatable bonds is 5. The van der Waals surface area contributed by atoms with Gasteiger partial charge in [-0.25, -0.2) is 9.78 Å². The van der Waals surface area contributed by atoms with Gasteiger partial charge >= 0.3 is 5.97 Å². The maximum Gasteiger partial charge on any atom is 0.354 e. The number of carbonyl (C=O) groups excluding carboxylic acids is 1. The lowest BCUT2D eigenvalue weighted by Gasteiger charge is -2.02. The summed E-state index contributed by atoms with van der Waals surface area (Å²) in [6, 6.07) is 2.99. The maximum atomic E-state index is 11.2. The highest BCUT2D eigenvalue weighted by Crippen LogP contribution is 2.00. The molecular formula is C11H13N3O3. The number of nitrogens with two attached hydrogens (primary N) is 1. The average molecular weight is 235 g/mol. The Labute approximate surface area is 98.2 Å². The molecule has 1 heterocycles. The Kier molecular flexibility index (Phi) is 4.83. The van der Waals surface area contributed by atoms with Crippen molar-refractivity contribution >= 4 is 11.9 Å². The molecule has 0 radical (unpaired) electrons. The molecule has 1 aromatic heterocycles. The third-order valence-electron chi connectivity index (χ3n) is 1.92. The van der Waals surface area contributed by atoms with Gasteiger partial charge in [0.2, 0.25) is 5.91 Å².